The first-order valence-electron chi connectivity index (χ1n) is 5.28. The van der Waals surface area contributed by atoms with Gasteiger partial charge in [0.1, 0.15) is 0 Å². The number of nitrogens with one attached hydrogen (secondary N) is 1. The van der Waals surface area contributed by atoms with E-state index >= 15 is 0 Å². The number of aryl methyl sites for hydroxylation is 2. The average Bonchev–Trinajstić information content (AvgIpc) is 2.55. The predicted octanol–water partition coefficient (Wildman–Crippen LogP) is 5.33. The van der Waals surface area contributed by atoms with Gasteiger partial charge in [0, 0.05) is 9.90 Å². The summed E-state index contributed by atoms with van der Waals surface area (Å²) in [6.45, 7) is 4.63. The summed E-state index contributed by atoms with van der Waals surface area (Å²) in [5.74, 6) is 0. The molecule has 0 saturated heterocycles. The molecule has 0 amide bonds. The maximum absolute atomic E-state index is 6.10. The maximum Gasteiger partial charge on any atom is 0.0900 e. The largest absolute Gasteiger partial charge is 0.378 e. The summed E-state index contributed by atoms with van der Waals surface area (Å²) in [5.41, 5.74) is 1.74. The van der Waals surface area contributed by atoms with Crippen molar-refractivity contribution < 1.29 is 0 Å². The number of benzene rings is 1. The van der Waals surface area contributed by atoms with E-state index in [4.69, 9.17) is 34.8 Å². The molecule has 1 heterocycles. The van der Waals surface area contributed by atoms with E-state index < -0.39 is 0 Å². The van der Waals surface area contributed by atoms with Gasteiger partial charge in [0.25, 0.3) is 0 Å². The van der Waals surface area contributed by atoms with Crippen LogP contribution >= 0.6 is 46.1 Å². The van der Waals surface area contributed by atoms with Gasteiger partial charge in [-0.2, -0.15) is 0 Å². The summed E-state index contributed by atoms with van der Waals surface area (Å²) >= 11 is 19.7. The maximum atomic E-state index is 6.10. The van der Waals surface area contributed by atoms with Crippen LogP contribution in [0.15, 0.2) is 12.1 Å². The second-order valence-corrected chi connectivity index (χ2v) is 6.38. The highest BCUT2D eigenvalue weighted by Crippen LogP contribution is 2.34. The molecule has 0 saturated carbocycles. The fourth-order valence-corrected chi connectivity index (χ4v) is 3.44. The molecule has 2 rings (SSSR count). The zero-order valence-corrected chi connectivity index (χ0v) is 12.9. The molecule has 96 valence electrons. The van der Waals surface area contributed by atoms with Crippen molar-refractivity contribution in [3.05, 3.63) is 42.8 Å². The molecule has 0 unspecified atom stereocenters. The zero-order valence-electron chi connectivity index (χ0n) is 9.85. The molecule has 0 fully saturated rings. The van der Waals surface area contributed by atoms with E-state index in [-0.39, 0.29) is 0 Å². The smallest absolute Gasteiger partial charge is 0.0900 e. The number of halogens is 3. The summed E-state index contributed by atoms with van der Waals surface area (Å²) in [6, 6.07) is 3.34. The van der Waals surface area contributed by atoms with Crippen molar-refractivity contribution in [3.8, 4) is 0 Å². The van der Waals surface area contributed by atoms with Crippen molar-refractivity contribution in [2.45, 2.75) is 20.4 Å². The van der Waals surface area contributed by atoms with E-state index in [1.165, 1.54) is 4.88 Å². The van der Waals surface area contributed by atoms with Crippen molar-refractivity contribution >= 4 is 51.8 Å². The van der Waals surface area contributed by atoms with Crippen molar-refractivity contribution in [1.82, 2.24) is 4.98 Å². The Kier molecular flexibility index (Phi) is 4.38. The normalized spacial score (nSPS) is 10.7. The third-order valence-electron chi connectivity index (χ3n) is 2.43. The molecule has 0 spiro atoms. The lowest BCUT2D eigenvalue weighted by Gasteiger charge is -2.10. The predicted molar refractivity (Wildman–Crippen MR) is 80.4 cm³/mol. The molecule has 18 heavy (non-hydrogen) atoms. The van der Waals surface area contributed by atoms with Crippen LogP contribution in [0.4, 0.5) is 5.69 Å². The number of hydrogen-bond donors (Lipinski definition) is 1. The van der Waals surface area contributed by atoms with Crippen LogP contribution in [0, 0.1) is 13.8 Å². The third kappa shape index (κ3) is 3.09. The standard InChI is InChI=1S/C12H11Cl3N2S/c1-6-11(18-7(2)17-6)5-16-12-9(14)3-8(13)4-10(12)15/h3-4,16H,5H2,1-2H3. The van der Waals surface area contributed by atoms with Crippen LogP contribution in [0.25, 0.3) is 0 Å². The van der Waals surface area contributed by atoms with E-state index in [1.54, 1.807) is 23.5 Å². The van der Waals surface area contributed by atoms with Crippen molar-refractivity contribution in [1.29, 1.82) is 0 Å². The first kappa shape index (κ1) is 13.9. The fourth-order valence-electron chi connectivity index (χ4n) is 1.62. The fraction of sp³-hybridized carbons (Fsp3) is 0.250. The second-order valence-electron chi connectivity index (χ2n) is 3.84. The quantitative estimate of drug-likeness (QED) is 0.826. The molecule has 6 heteroatoms. The Morgan fingerprint density at radius 3 is 2.28 bits per heavy atom. The zero-order chi connectivity index (χ0) is 13.3. The highest BCUT2D eigenvalue weighted by molar-refractivity contribution is 7.11. The van der Waals surface area contributed by atoms with E-state index in [2.05, 4.69) is 10.3 Å². The summed E-state index contributed by atoms with van der Waals surface area (Å²) < 4.78 is 0. The van der Waals surface area contributed by atoms with E-state index in [0.717, 1.165) is 10.7 Å². The Balaban J connectivity index is 2.18. The number of anilines is 1. The molecular weight excluding hydrogens is 311 g/mol. The third-order valence-corrected chi connectivity index (χ3v) is 4.32. The van der Waals surface area contributed by atoms with Crippen LogP contribution in [0.2, 0.25) is 15.1 Å². The number of thiazole rings is 1. The van der Waals surface area contributed by atoms with Gasteiger partial charge in [-0.1, -0.05) is 34.8 Å². The molecule has 1 aromatic carbocycles. The van der Waals surface area contributed by atoms with Crippen LogP contribution < -0.4 is 5.32 Å². The molecule has 0 aliphatic heterocycles. The average molecular weight is 322 g/mol. The van der Waals surface area contributed by atoms with Gasteiger partial charge in [0.2, 0.25) is 0 Å². The van der Waals surface area contributed by atoms with E-state index in [9.17, 15) is 0 Å². The SMILES string of the molecule is Cc1nc(C)c(CNc2c(Cl)cc(Cl)cc2Cl)s1. The first-order chi connectivity index (χ1) is 8.47. The number of aromatic nitrogens is 1. The number of nitrogens with zero attached hydrogens (tertiary/aromatic N) is 1. The molecule has 2 aromatic rings. The minimum Gasteiger partial charge on any atom is -0.378 e. The van der Waals surface area contributed by atoms with Gasteiger partial charge < -0.3 is 5.32 Å². The Bertz CT molecular complexity index is 558. The minimum atomic E-state index is 0.520. The summed E-state index contributed by atoms with van der Waals surface area (Å²) in [6.07, 6.45) is 0. The topological polar surface area (TPSA) is 24.9 Å². The number of rotatable bonds is 3. The molecule has 0 atom stereocenters. The van der Waals surface area contributed by atoms with Crippen molar-refractivity contribution in [2.24, 2.45) is 0 Å². The molecular formula is C12H11Cl3N2S. The highest BCUT2D eigenvalue weighted by Gasteiger charge is 2.09. The van der Waals surface area contributed by atoms with Crippen LogP contribution in [-0.2, 0) is 6.54 Å². The summed E-state index contributed by atoms with van der Waals surface area (Å²) in [4.78, 5) is 5.55. The van der Waals surface area contributed by atoms with Crippen LogP contribution in [0.5, 0.6) is 0 Å². The minimum absolute atomic E-state index is 0.520. The van der Waals surface area contributed by atoms with Gasteiger partial charge in [0.15, 0.2) is 0 Å². The monoisotopic (exact) mass is 320 g/mol. The van der Waals surface area contributed by atoms with Crippen LogP contribution in [0.3, 0.4) is 0 Å². The number of hydrogen-bond acceptors (Lipinski definition) is 3. The Morgan fingerprint density at radius 1 is 1.17 bits per heavy atom. The Hall–Kier alpha value is -0.480. The molecule has 1 N–H and O–H groups in total. The lowest BCUT2D eigenvalue weighted by Crippen LogP contribution is -2.00. The molecule has 2 nitrogen and oxygen atoms in total. The van der Waals surface area contributed by atoms with Crippen LogP contribution in [0.1, 0.15) is 15.6 Å². The molecule has 0 aliphatic rings. The van der Waals surface area contributed by atoms with E-state index in [0.29, 0.717) is 27.3 Å². The van der Waals surface area contributed by atoms with Gasteiger partial charge in [-0.15, -0.1) is 11.3 Å². The lowest BCUT2D eigenvalue weighted by molar-refractivity contribution is 1.11. The second kappa shape index (κ2) is 5.66. The van der Waals surface area contributed by atoms with Crippen molar-refractivity contribution in [3.63, 3.8) is 0 Å². The van der Waals surface area contributed by atoms with Gasteiger partial charge in [-0.25, -0.2) is 4.98 Å². The van der Waals surface area contributed by atoms with E-state index in [1.807, 2.05) is 13.8 Å². The molecule has 0 bridgehead atoms. The first-order valence-corrected chi connectivity index (χ1v) is 7.23. The van der Waals surface area contributed by atoms with Crippen molar-refractivity contribution in [2.75, 3.05) is 5.32 Å². The molecule has 0 aliphatic carbocycles. The molecule has 0 radical (unpaired) electrons. The lowest BCUT2D eigenvalue weighted by atomic mass is 10.3. The van der Waals surface area contributed by atoms with Gasteiger partial charge >= 0.3 is 0 Å². The Labute approximate surface area is 125 Å². The molecule has 1 aromatic heterocycles. The van der Waals surface area contributed by atoms with Gasteiger partial charge in [-0.05, 0) is 26.0 Å². The summed E-state index contributed by atoms with van der Waals surface area (Å²) in [7, 11) is 0. The Morgan fingerprint density at radius 2 is 1.78 bits per heavy atom. The van der Waals surface area contributed by atoms with Crippen LogP contribution in [-0.4, -0.2) is 4.98 Å². The van der Waals surface area contributed by atoms with Gasteiger partial charge in [-0.3, -0.25) is 0 Å². The summed E-state index contributed by atoms with van der Waals surface area (Å²) in [5, 5.41) is 5.85. The van der Waals surface area contributed by atoms with Gasteiger partial charge in [0.05, 0.1) is 33.0 Å². The highest BCUT2D eigenvalue weighted by atomic mass is 35.5.